The summed E-state index contributed by atoms with van der Waals surface area (Å²) in [6.07, 6.45) is 9.64. The maximum absolute atomic E-state index is 12.7. The van der Waals surface area contributed by atoms with Gasteiger partial charge >= 0.3 is 5.97 Å². The summed E-state index contributed by atoms with van der Waals surface area (Å²) in [6, 6.07) is 7.88. The number of ether oxygens (including phenoxy) is 1. The lowest BCUT2D eigenvalue weighted by Crippen LogP contribution is -2.61. The number of carbonyl (C=O) groups is 2. The van der Waals surface area contributed by atoms with Gasteiger partial charge in [-0.1, -0.05) is 29.8 Å². The molecule has 0 heterocycles. The van der Waals surface area contributed by atoms with Gasteiger partial charge < -0.3 is 10.1 Å². The minimum atomic E-state index is -0.771. The van der Waals surface area contributed by atoms with Crippen LogP contribution in [0.2, 0.25) is 0 Å². The molecule has 144 valence electrons. The first-order valence-corrected chi connectivity index (χ1v) is 10.2. The van der Waals surface area contributed by atoms with Crippen LogP contribution >= 0.6 is 0 Å². The molecule has 4 nitrogen and oxygen atoms in total. The van der Waals surface area contributed by atoms with Gasteiger partial charge in [-0.3, -0.25) is 4.79 Å². The molecule has 5 rings (SSSR count). The van der Waals surface area contributed by atoms with E-state index >= 15 is 0 Å². The Bertz CT molecular complexity index is 731. The van der Waals surface area contributed by atoms with Gasteiger partial charge in [-0.05, 0) is 81.8 Å². The van der Waals surface area contributed by atoms with Crippen molar-refractivity contribution in [3.05, 3.63) is 41.5 Å². The number of carbonyl (C=O) groups excluding carboxylic acids is 2. The van der Waals surface area contributed by atoms with Crippen molar-refractivity contribution in [2.75, 3.05) is 0 Å². The summed E-state index contributed by atoms with van der Waals surface area (Å²) in [5.41, 5.74) is 2.02. The standard InChI is InChI=1S/C23H29NO3/c1-15-4-3-5-17(8-15)6-7-21(25)27-16(2)22(26)24-23-12-18-9-19(13-23)11-20(10-18)14-23/h3-8,16,18-20H,9-14H2,1-2H3,(H,24,26)/b7-6+/t16-,18?,19?,20?,23?/m0/s1. The Hall–Kier alpha value is -2.10. The topological polar surface area (TPSA) is 55.4 Å². The minimum absolute atomic E-state index is 0.0517. The van der Waals surface area contributed by atoms with Crippen molar-refractivity contribution in [3.8, 4) is 0 Å². The fraction of sp³-hybridized carbons (Fsp3) is 0.565. The predicted octanol–water partition coefficient (Wildman–Crippen LogP) is 4.02. The molecule has 1 amide bonds. The second kappa shape index (κ2) is 7.14. The van der Waals surface area contributed by atoms with Crippen molar-refractivity contribution in [3.63, 3.8) is 0 Å². The number of amides is 1. The molecule has 4 aliphatic carbocycles. The van der Waals surface area contributed by atoms with Gasteiger partial charge in [0, 0.05) is 11.6 Å². The number of nitrogens with one attached hydrogen (secondary N) is 1. The van der Waals surface area contributed by atoms with E-state index in [0.717, 1.165) is 48.1 Å². The van der Waals surface area contributed by atoms with Crippen molar-refractivity contribution in [2.24, 2.45) is 17.8 Å². The van der Waals surface area contributed by atoms with Gasteiger partial charge in [-0.25, -0.2) is 4.79 Å². The first kappa shape index (κ1) is 18.3. The van der Waals surface area contributed by atoms with Gasteiger partial charge in [-0.2, -0.15) is 0 Å². The van der Waals surface area contributed by atoms with Gasteiger partial charge in [0.1, 0.15) is 0 Å². The molecule has 1 atom stereocenters. The highest BCUT2D eigenvalue weighted by molar-refractivity contribution is 5.90. The van der Waals surface area contributed by atoms with Gasteiger partial charge in [0.05, 0.1) is 0 Å². The molecule has 27 heavy (non-hydrogen) atoms. The summed E-state index contributed by atoms with van der Waals surface area (Å²) in [5.74, 6) is 1.67. The molecule has 1 aromatic rings. The molecule has 4 heteroatoms. The van der Waals surface area contributed by atoms with E-state index in [1.54, 1.807) is 13.0 Å². The van der Waals surface area contributed by atoms with Crippen LogP contribution in [0.1, 0.15) is 56.6 Å². The second-order valence-corrected chi connectivity index (χ2v) is 9.01. The quantitative estimate of drug-likeness (QED) is 0.632. The zero-order valence-corrected chi connectivity index (χ0v) is 16.2. The van der Waals surface area contributed by atoms with E-state index in [0.29, 0.717) is 0 Å². The SMILES string of the molecule is Cc1cccc(/C=C/C(=O)O[C@@H](C)C(=O)NC23CC4CC(CC(C4)C2)C3)c1. The summed E-state index contributed by atoms with van der Waals surface area (Å²) < 4.78 is 5.34. The van der Waals surface area contributed by atoms with Crippen LogP contribution in [-0.2, 0) is 14.3 Å². The van der Waals surface area contributed by atoms with Gasteiger partial charge in [-0.15, -0.1) is 0 Å². The Morgan fingerprint density at radius 3 is 2.37 bits per heavy atom. The van der Waals surface area contributed by atoms with E-state index in [4.69, 9.17) is 4.74 Å². The number of aryl methyl sites for hydroxylation is 1. The van der Waals surface area contributed by atoms with E-state index in [1.165, 1.54) is 25.3 Å². The molecule has 0 spiro atoms. The lowest BCUT2D eigenvalue weighted by atomic mass is 9.53. The van der Waals surface area contributed by atoms with Gasteiger partial charge in [0.2, 0.25) is 0 Å². The number of hydrogen-bond donors (Lipinski definition) is 1. The summed E-state index contributed by atoms with van der Waals surface area (Å²) >= 11 is 0. The average molecular weight is 367 g/mol. The highest BCUT2D eigenvalue weighted by Crippen LogP contribution is 2.55. The van der Waals surface area contributed by atoms with E-state index in [1.807, 2.05) is 31.2 Å². The molecule has 1 N–H and O–H groups in total. The van der Waals surface area contributed by atoms with Gasteiger partial charge in [0.25, 0.3) is 5.91 Å². The Balaban J connectivity index is 1.32. The molecule has 4 aliphatic rings. The lowest BCUT2D eigenvalue weighted by molar-refractivity contribution is -0.152. The van der Waals surface area contributed by atoms with E-state index in [-0.39, 0.29) is 11.4 Å². The maximum atomic E-state index is 12.7. The molecule has 4 fully saturated rings. The molecule has 0 saturated heterocycles. The summed E-state index contributed by atoms with van der Waals surface area (Å²) in [4.78, 5) is 24.8. The number of benzene rings is 1. The molecule has 4 bridgehead atoms. The van der Waals surface area contributed by atoms with Crippen molar-refractivity contribution in [1.29, 1.82) is 0 Å². The van der Waals surface area contributed by atoms with E-state index in [2.05, 4.69) is 5.32 Å². The van der Waals surface area contributed by atoms with Crippen LogP contribution in [0.3, 0.4) is 0 Å². The molecule has 4 saturated carbocycles. The Morgan fingerprint density at radius 2 is 1.78 bits per heavy atom. The van der Waals surface area contributed by atoms with Crippen LogP contribution in [0.5, 0.6) is 0 Å². The Kier molecular flexibility index (Phi) is 4.83. The second-order valence-electron chi connectivity index (χ2n) is 9.01. The third-order valence-electron chi connectivity index (χ3n) is 6.54. The highest BCUT2D eigenvalue weighted by atomic mass is 16.5. The van der Waals surface area contributed by atoms with Crippen molar-refractivity contribution in [1.82, 2.24) is 5.32 Å². The first-order valence-electron chi connectivity index (χ1n) is 10.2. The van der Waals surface area contributed by atoms with Crippen molar-refractivity contribution < 1.29 is 14.3 Å². The van der Waals surface area contributed by atoms with Crippen LogP contribution in [0, 0.1) is 24.7 Å². The molecular formula is C23H29NO3. The molecule has 0 unspecified atom stereocenters. The first-order chi connectivity index (χ1) is 12.9. The van der Waals surface area contributed by atoms with Crippen LogP contribution in [0.15, 0.2) is 30.3 Å². The molecule has 0 radical (unpaired) electrons. The third kappa shape index (κ3) is 4.10. The number of hydrogen-bond acceptors (Lipinski definition) is 3. The van der Waals surface area contributed by atoms with Gasteiger partial charge in [0.15, 0.2) is 6.10 Å². The molecular weight excluding hydrogens is 338 g/mol. The highest BCUT2D eigenvalue weighted by Gasteiger charge is 2.51. The monoisotopic (exact) mass is 367 g/mol. The zero-order valence-electron chi connectivity index (χ0n) is 16.2. The van der Waals surface area contributed by atoms with Crippen LogP contribution in [0.4, 0.5) is 0 Å². The third-order valence-corrected chi connectivity index (χ3v) is 6.54. The molecule has 0 aromatic heterocycles. The lowest BCUT2D eigenvalue weighted by Gasteiger charge is -2.57. The number of rotatable bonds is 5. The van der Waals surface area contributed by atoms with Crippen molar-refractivity contribution >= 4 is 18.0 Å². The predicted molar refractivity (Wildman–Crippen MR) is 105 cm³/mol. The smallest absolute Gasteiger partial charge is 0.331 e. The van der Waals surface area contributed by atoms with Crippen molar-refractivity contribution in [2.45, 2.75) is 64.0 Å². The van der Waals surface area contributed by atoms with Crippen LogP contribution in [0.25, 0.3) is 6.08 Å². The fourth-order valence-corrected chi connectivity index (χ4v) is 5.83. The summed E-state index contributed by atoms with van der Waals surface area (Å²) in [7, 11) is 0. The van der Waals surface area contributed by atoms with E-state index < -0.39 is 12.1 Å². The minimum Gasteiger partial charge on any atom is -0.449 e. The zero-order chi connectivity index (χ0) is 19.0. The normalized spacial score (nSPS) is 32.4. The fourth-order valence-electron chi connectivity index (χ4n) is 5.83. The molecule has 1 aromatic carbocycles. The Labute approximate surface area is 161 Å². The largest absolute Gasteiger partial charge is 0.449 e. The van der Waals surface area contributed by atoms with E-state index in [9.17, 15) is 9.59 Å². The molecule has 0 aliphatic heterocycles. The Morgan fingerprint density at radius 1 is 1.15 bits per heavy atom. The van der Waals surface area contributed by atoms with Crippen LogP contribution < -0.4 is 5.32 Å². The average Bonchev–Trinajstić information content (AvgIpc) is 2.58. The summed E-state index contributed by atoms with van der Waals surface area (Å²) in [5, 5.41) is 3.27. The maximum Gasteiger partial charge on any atom is 0.331 e. The van der Waals surface area contributed by atoms with Crippen LogP contribution in [-0.4, -0.2) is 23.5 Å². The summed E-state index contributed by atoms with van der Waals surface area (Å²) in [6.45, 7) is 3.67. The number of esters is 1.